The van der Waals surface area contributed by atoms with Gasteiger partial charge in [0, 0.05) is 22.7 Å². The van der Waals surface area contributed by atoms with Crippen molar-refractivity contribution in [3.8, 4) is 17.0 Å². The third-order valence-electron chi connectivity index (χ3n) is 2.91. The molecule has 1 saturated heterocycles. The van der Waals surface area contributed by atoms with Crippen molar-refractivity contribution >= 4 is 40.7 Å². The first-order valence-electron chi connectivity index (χ1n) is 6.08. The van der Waals surface area contributed by atoms with Crippen molar-refractivity contribution in [2.45, 2.75) is 0 Å². The van der Waals surface area contributed by atoms with Crippen LogP contribution in [0.3, 0.4) is 0 Å². The van der Waals surface area contributed by atoms with Gasteiger partial charge in [0.2, 0.25) is 5.88 Å². The molecule has 0 unspecified atom stereocenters. The van der Waals surface area contributed by atoms with E-state index >= 15 is 0 Å². The van der Waals surface area contributed by atoms with Crippen LogP contribution in [-0.4, -0.2) is 23.1 Å². The average molecular weight is 317 g/mol. The molecule has 1 aliphatic heterocycles. The Balaban J connectivity index is 1.84. The van der Waals surface area contributed by atoms with Crippen molar-refractivity contribution in [2.24, 2.45) is 0 Å². The summed E-state index contributed by atoms with van der Waals surface area (Å²) in [7, 11) is 1.58. The molecule has 1 aliphatic rings. The molecular weight excluding hydrogens is 306 g/mol. The van der Waals surface area contributed by atoms with Crippen LogP contribution in [0.4, 0.5) is 0 Å². The van der Waals surface area contributed by atoms with Gasteiger partial charge in [-0.25, -0.2) is 4.98 Å². The Kier molecular flexibility index (Phi) is 3.68. The molecule has 2 aromatic heterocycles. The van der Waals surface area contributed by atoms with Gasteiger partial charge in [-0.15, -0.1) is 11.3 Å². The van der Waals surface area contributed by atoms with E-state index in [4.69, 9.17) is 17.0 Å². The Labute approximate surface area is 130 Å². The van der Waals surface area contributed by atoms with Crippen LogP contribution in [-0.2, 0) is 4.79 Å². The Morgan fingerprint density at radius 2 is 2.19 bits per heavy atom. The second-order valence-electron chi connectivity index (χ2n) is 4.29. The van der Waals surface area contributed by atoms with E-state index in [-0.39, 0.29) is 5.91 Å². The first kappa shape index (κ1) is 13.7. The molecule has 2 N–H and O–H groups in total. The lowest BCUT2D eigenvalue weighted by molar-refractivity contribution is -0.115. The van der Waals surface area contributed by atoms with E-state index in [1.54, 1.807) is 30.7 Å². The number of carbonyl (C=O) groups excluding carboxylic acids is 1. The minimum atomic E-state index is -0.207. The average Bonchev–Trinajstić information content (AvgIpc) is 3.07. The van der Waals surface area contributed by atoms with E-state index in [9.17, 15) is 4.79 Å². The fourth-order valence-electron chi connectivity index (χ4n) is 1.88. The van der Waals surface area contributed by atoms with Gasteiger partial charge in [0.25, 0.3) is 5.91 Å². The van der Waals surface area contributed by atoms with Crippen LogP contribution < -0.4 is 15.4 Å². The van der Waals surface area contributed by atoms with Crippen LogP contribution in [0.2, 0.25) is 0 Å². The Morgan fingerprint density at radius 1 is 1.33 bits per heavy atom. The normalized spacial score (nSPS) is 16.0. The third kappa shape index (κ3) is 2.93. The highest BCUT2D eigenvalue weighted by molar-refractivity contribution is 7.80. The highest BCUT2D eigenvalue weighted by atomic mass is 32.1. The number of aromatic nitrogens is 1. The van der Waals surface area contributed by atoms with Crippen LogP contribution in [0.1, 0.15) is 4.88 Å². The van der Waals surface area contributed by atoms with E-state index in [2.05, 4.69) is 15.6 Å². The highest BCUT2D eigenvalue weighted by Crippen LogP contribution is 2.27. The summed E-state index contributed by atoms with van der Waals surface area (Å²) >= 11 is 6.44. The predicted molar refractivity (Wildman–Crippen MR) is 86.0 cm³/mol. The second-order valence-corrected chi connectivity index (χ2v) is 5.64. The van der Waals surface area contributed by atoms with Gasteiger partial charge in [0.1, 0.15) is 5.70 Å². The van der Waals surface area contributed by atoms with Gasteiger partial charge in [-0.05, 0) is 41.4 Å². The summed E-state index contributed by atoms with van der Waals surface area (Å²) in [6.45, 7) is 0. The summed E-state index contributed by atoms with van der Waals surface area (Å²) < 4.78 is 5.04. The standard InChI is InChI=1S/C14H11N3O2S2/c1-19-12-3-2-8(6-15-12)9-4-10(21-7-9)5-11-13(18)17-14(20)16-11/h2-7H,1H3,(H2,16,17,18,20)/b11-5+. The van der Waals surface area contributed by atoms with Gasteiger partial charge in [0.15, 0.2) is 5.11 Å². The second kappa shape index (κ2) is 5.63. The maximum Gasteiger partial charge on any atom is 0.273 e. The van der Waals surface area contributed by atoms with Gasteiger partial charge in [-0.3, -0.25) is 10.1 Å². The molecule has 2 aromatic rings. The van der Waals surface area contributed by atoms with Crippen molar-refractivity contribution in [1.29, 1.82) is 0 Å². The van der Waals surface area contributed by atoms with Gasteiger partial charge in [-0.1, -0.05) is 0 Å². The predicted octanol–water partition coefficient (Wildman–Crippen LogP) is 2.16. The summed E-state index contributed by atoms with van der Waals surface area (Å²) in [5, 5.41) is 7.71. The summed E-state index contributed by atoms with van der Waals surface area (Å²) in [5.74, 6) is 0.373. The smallest absolute Gasteiger partial charge is 0.273 e. The largest absolute Gasteiger partial charge is 0.481 e. The molecule has 1 fully saturated rings. The number of hydrogen-bond acceptors (Lipinski definition) is 5. The van der Waals surface area contributed by atoms with Crippen molar-refractivity contribution < 1.29 is 9.53 Å². The lowest BCUT2D eigenvalue weighted by Gasteiger charge is -1.99. The number of pyridine rings is 1. The summed E-state index contributed by atoms with van der Waals surface area (Å²) in [4.78, 5) is 16.7. The maximum absolute atomic E-state index is 11.6. The van der Waals surface area contributed by atoms with Crippen LogP contribution in [0.25, 0.3) is 17.2 Å². The van der Waals surface area contributed by atoms with E-state index in [1.807, 2.05) is 23.6 Å². The van der Waals surface area contributed by atoms with Crippen molar-refractivity contribution in [3.63, 3.8) is 0 Å². The first-order chi connectivity index (χ1) is 10.2. The van der Waals surface area contributed by atoms with Crippen LogP contribution in [0.15, 0.2) is 35.5 Å². The van der Waals surface area contributed by atoms with Crippen LogP contribution in [0, 0.1) is 0 Å². The number of thiophene rings is 1. The van der Waals surface area contributed by atoms with E-state index in [1.165, 1.54) is 0 Å². The molecule has 7 heteroatoms. The lowest BCUT2D eigenvalue weighted by atomic mass is 10.1. The topological polar surface area (TPSA) is 63.2 Å². The SMILES string of the molecule is COc1ccc(-c2csc(/C=C3/NC(=S)NC3=O)c2)cn1. The molecule has 0 radical (unpaired) electrons. The molecule has 0 saturated carbocycles. The molecule has 1 amide bonds. The van der Waals surface area contributed by atoms with Gasteiger partial charge < -0.3 is 10.1 Å². The van der Waals surface area contributed by atoms with Gasteiger partial charge in [0.05, 0.1) is 7.11 Å². The quantitative estimate of drug-likeness (QED) is 0.671. The number of rotatable bonds is 3. The Hall–Kier alpha value is -2.25. The zero-order chi connectivity index (χ0) is 14.8. The molecule has 0 spiro atoms. The van der Waals surface area contributed by atoms with E-state index in [0.29, 0.717) is 16.7 Å². The van der Waals surface area contributed by atoms with E-state index < -0.39 is 0 Å². The maximum atomic E-state index is 11.6. The number of hydrogen-bond donors (Lipinski definition) is 2. The number of carbonyl (C=O) groups is 1. The fourth-order valence-corrected chi connectivity index (χ4v) is 2.93. The number of thiocarbonyl (C=S) groups is 1. The van der Waals surface area contributed by atoms with Crippen molar-refractivity contribution in [3.05, 3.63) is 40.4 Å². The van der Waals surface area contributed by atoms with Crippen molar-refractivity contribution in [1.82, 2.24) is 15.6 Å². The van der Waals surface area contributed by atoms with Crippen LogP contribution >= 0.6 is 23.6 Å². The summed E-state index contributed by atoms with van der Waals surface area (Å²) in [5.41, 5.74) is 2.50. The molecule has 0 bridgehead atoms. The fraction of sp³-hybridized carbons (Fsp3) is 0.0714. The molecule has 106 valence electrons. The zero-order valence-corrected chi connectivity index (χ0v) is 12.7. The Morgan fingerprint density at radius 3 is 2.81 bits per heavy atom. The van der Waals surface area contributed by atoms with Crippen LogP contribution in [0.5, 0.6) is 5.88 Å². The number of ether oxygens (including phenoxy) is 1. The molecule has 3 rings (SSSR count). The summed E-state index contributed by atoms with van der Waals surface area (Å²) in [6.07, 6.45) is 3.53. The molecule has 0 aromatic carbocycles. The molecule has 0 aliphatic carbocycles. The molecule has 0 atom stereocenters. The molecule has 5 nitrogen and oxygen atoms in total. The van der Waals surface area contributed by atoms with E-state index in [0.717, 1.165) is 16.0 Å². The molecule has 3 heterocycles. The van der Waals surface area contributed by atoms with Gasteiger partial charge in [-0.2, -0.15) is 0 Å². The number of amides is 1. The monoisotopic (exact) mass is 317 g/mol. The highest BCUT2D eigenvalue weighted by Gasteiger charge is 2.20. The zero-order valence-electron chi connectivity index (χ0n) is 11.0. The number of nitrogens with one attached hydrogen (secondary N) is 2. The molecule has 21 heavy (non-hydrogen) atoms. The third-order valence-corrected chi connectivity index (χ3v) is 3.99. The number of methoxy groups -OCH3 is 1. The lowest BCUT2D eigenvalue weighted by Crippen LogP contribution is -2.21. The minimum absolute atomic E-state index is 0.207. The molecular formula is C14H11N3O2S2. The number of nitrogens with zero attached hydrogens (tertiary/aromatic N) is 1. The van der Waals surface area contributed by atoms with Gasteiger partial charge >= 0.3 is 0 Å². The van der Waals surface area contributed by atoms with Crippen molar-refractivity contribution in [2.75, 3.05) is 7.11 Å². The first-order valence-corrected chi connectivity index (χ1v) is 7.37. The minimum Gasteiger partial charge on any atom is -0.481 e. The summed E-state index contributed by atoms with van der Waals surface area (Å²) in [6, 6.07) is 5.76. The Bertz CT molecular complexity index is 735.